The van der Waals surface area contributed by atoms with Crippen LogP contribution in [0.5, 0.6) is 5.75 Å². The van der Waals surface area contributed by atoms with Crippen LogP contribution in [0.15, 0.2) is 24.3 Å². The third kappa shape index (κ3) is 1.54. The van der Waals surface area contributed by atoms with E-state index < -0.39 is 0 Å². The molecule has 2 rings (SSSR count). The summed E-state index contributed by atoms with van der Waals surface area (Å²) in [5.41, 5.74) is 2.30. The van der Waals surface area contributed by atoms with Gasteiger partial charge in [0.15, 0.2) is 0 Å². The second-order valence-electron chi connectivity index (χ2n) is 2.93. The van der Waals surface area contributed by atoms with E-state index in [0.717, 1.165) is 24.3 Å². The molecule has 1 aromatic rings. The van der Waals surface area contributed by atoms with E-state index in [1.165, 1.54) is 11.6 Å². The summed E-state index contributed by atoms with van der Waals surface area (Å²) in [6, 6.07) is 7.95. The molecule has 0 atom stereocenters. The molecule has 0 bridgehead atoms. The average Bonchev–Trinajstić information content (AvgIpc) is 2.61. The largest absolute Gasteiger partial charge is 0.493 e. The first kappa shape index (κ1) is 7.88. The maximum absolute atomic E-state index is 8.36. The van der Waals surface area contributed by atoms with Gasteiger partial charge in [0.2, 0.25) is 0 Å². The molecule has 0 saturated heterocycles. The molecule has 64 valence electrons. The molecule has 0 radical (unpaired) electrons. The first-order valence-corrected chi connectivity index (χ1v) is 4.22. The van der Waals surface area contributed by atoms with Crippen LogP contribution in [0.1, 0.15) is 11.1 Å². The molecular formula is C11H9NO. The van der Waals surface area contributed by atoms with E-state index in [1.54, 1.807) is 6.08 Å². The Morgan fingerprint density at radius 1 is 1.46 bits per heavy atom. The highest BCUT2D eigenvalue weighted by Crippen LogP contribution is 2.26. The van der Waals surface area contributed by atoms with Crippen LogP contribution in [0.3, 0.4) is 0 Å². The summed E-state index contributed by atoms with van der Waals surface area (Å²) >= 11 is 0. The smallest absolute Gasteiger partial charge is 0.122 e. The Morgan fingerprint density at radius 3 is 3.23 bits per heavy atom. The SMILES string of the molecule is N#C/C=C/c1ccc2c(c1)CCO2. The van der Waals surface area contributed by atoms with E-state index in [1.807, 2.05) is 18.2 Å². The molecule has 0 aromatic heterocycles. The summed E-state index contributed by atoms with van der Waals surface area (Å²) in [5, 5.41) is 8.36. The molecule has 1 aromatic carbocycles. The zero-order chi connectivity index (χ0) is 9.10. The van der Waals surface area contributed by atoms with Gasteiger partial charge in [0.1, 0.15) is 5.75 Å². The van der Waals surface area contributed by atoms with Crippen LogP contribution in [-0.2, 0) is 6.42 Å². The number of benzene rings is 1. The van der Waals surface area contributed by atoms with Crippen molar-refractivity contribution in [3.8, 4) is 11.8 Å². The lowest BCUT2D eigenvalue weighted by Gasteiger charge is -1.98. The zero-order valence-electron chi connectivity index (χ0n) is 7.16. The minimum atomic E-state index is 0.779. The molecule has 2 heteroatoms. The van der Waals surface area contributed by atoms with Crippen molar-refractivity contribution in [2.24, 2.45) is 0 Å². The average molecular weight is 171 g/mol. The summed E-state index contributed by atoms with van der Waals surface area (Å²) in [6.45, 7) is 0.779. The minimum absolute atomic E-state index is 0.779. The van der Waals surface area contributed by atoms with Crippen LogP contribution in [0.2, 0.25) is 0 Å². The van der Waals surface area contributed by atoms with Crippen LogP contribution >= 0.6 is 0 Å². The number of hydrogen-bond acceptors (Lipinski definition) is 2. The minimum Gasteiger partial charge on any atom is -0.493 e. The molecular weight excluding hydrogens is 162 g/mol. The van der Waals surface area contributed by atoms with Crippen molar-refractivity contribution in [2.75, 3.05) is 6.61 Å². The summed E-state index contributed by atoms with van der Waals surface area (Å²) in [5.74, 6) is 0.981. The number of hydrogen-bond donors (Lipinski definition) is 0. The molecule has 0 saturated carbocycles. The predicted molar refractivity (Wildman–Crippen MR) is 50.3 cm³/mol. The molecule has 0 amide bonds. The van der Waals surface area contributed by atoms with Crippen molar-refractivity contribution in [2.45, 2.75) is 6.42 Å². The molecule has 0 aliphatic carbocycles. The van der Waals surface area contributed by atoms with E-state index in [-0.39, 0.29) is 0 Å². The number of allylic oxidation sites excluding steroid dienone is 1. The van der Waals surface area contributed by atoms with Gasteiger partial charge in [0.25, 0.3) is 0 Å². The zero-order valence-corrected chi connectivity index (χ0v) is 7.16. The fourth-order valence-electron chi connectivity index (χ4n) is 1.44. The summed E-state index contributed by atoms with van der Waals surface area (Å²) < 4.78 is 5.37. The van der Waals surface area contributed by atoms with Gasteiger partial charge in [-0.3, -0.25) is 0 Å². The number of nitriles is 1. The maximum atomic E-state index is 8.36. The van der Waals surface area contributed by atoms with Gasteiger partial charge in [0, 0.05) is 12.5 Å². The van der Waals surface area contributed by atoms with Crippen LogP contribution in [0, 0.1) is 11.3 Å². The fourth-order valence-corrected chi connectivity index (χ4v) is 1.44. The first-order chi connectivity index (χ1) is 6.40. The van der Waals surface area contributed by atoms with Gasteiger partial charge in [-0.15, -0.1) is 0 Å². The third-order valence-corrected chi connectivity index (χ3v) is 2.06. The van der Waals surface area contributed by atoms with Crippen molar-refractivity contribution in [3.63, 3.8) is 0 Å². The van der Waals surface area contributed by atoms with Gasteiger partial charge < -0.3 is 4.74 Å². The van der Waals surface area contributed by atoms with E-state index in [9.17, 15) is 0 Å². The summed E-state index contributed by atoms with van der Waals surface area (Å²) in [7, 11) is 0. The normalized spacial score (nSPS) is 13.8. The van der Waals surface area contributed by atoms with Gasteiger partial charge >= 0.3 is 0 Å². The molecule has 0 N–H and O–H groups in total. The Morgan fingerprint density at radius 2 is 2.38 bits per heavy atom. The topological polar surface area (TPSA) is 33.0 Å². The molecule has 1 aliphatic heterocycles. The van der Waals surface area contributed by atoms with Crippen molar-refractivity contribution in [3.05, 3.63) is 35.4 Å². The monoisotopic (exact) mass is 171 g/mol. The van der Waals surface area contributed by atoms with E-state index in [2.05, 4.69) is 6.07 Å². The highest BCUT2D eigenvalue weighted by molar-refractivity contribution is 5.55. The van der Waals surface area contributed by atoms with Gasteiger partial charge in [-0.1, -0.05) is 6.07 Å². The lowest BCUT2D eigenvalue weighted by atomic mass is 10.1. The van der Waals surface area contributed by atoms with E-state index in [0.29, 0.717) is 0 Å². The van der Waals surface area contributed by atoms with E-state index >= 15 is 0 Å². The van der Waals surface area contributed by atoms with Gasteiger partial charge in [-0.05, 0) is 29.3 Å². The summed E-state index contributed by atoms with van der Waals surface area (Å²) in [4.78, 5) is 0. The first-order valence-electron chi connectivity index (χ1n) is 4.22. The Balaban J connectivity index is 2.32. The second-order valence-corrected chi connectivity index (χ2v) is 2.93. The number of rotatable bonds is 1. The van der Waals surface area contributed by atoms with Crippen molar-refractivity contribution >= 4 is 6.08 Å². The quantitative estimate of drug-likeness (QED) is 0.606. The van der Waals surface area contributed by atoms with Crippen molar-refractivity contribution in [1.29, 1.82) is 5.26 Å². The molecule has 1 heterocycles. The molecule has 0 spiro atoms. The highest BCUT2D eigenvalue weighted by Gasteiger charge is 2.10. The lowest BCUT2D eigenvalue weighted by Crippen LogP contribution is -1.85. The second kappa shape index (κ2) is 3.32. The van der Waals surface area contributed by atoms with Gasteiger partial charge in [0.05, 0.1) is 12.7 Å². The highest BCUT2D eigenvalue weighted by atomic mass is 16.5. The van der Waals surface area contributed by atoms with Gasteiger partial charge in [-0.2, -0.15) is 5.26 Å². The summed E-state index contributed by atoms with van der Waals surface area (Å²) in [6.07, 6.45) is 4.26. The third-order valence-electron chi connectivity index (χ3n) is 2.06. The number of fused-ring (bicyclic) bond motifs is 1. The van der Waals surface area contributed by atoms with Crippen molar-refractivity contribution < 1.29 is 4.74 Å². The Labute approximate surface area is 77.1 Å². The van der Waals surface area contributed by atoms with E-state index in [4.69, 9.17) is 10.00 Å². The fraction of sp³-hybridized carbons (Fsp3) is 0.182. The molecule has 13 heavy (non-hydrogen) atoms. The lowest BCUT2D eigenvalue weighted by molar-refractivity contribution is 0.357. The van der Waals surface area contributed by atoms with Crippen molar-refractivity contribution in [1.82, 2.24) is 0 Å². The Bertz CT molecular complexity index is 388. The molecule has 2 nitrogen and oxygen atoms in total. The van der Waals surface area contributed by atoms with Crippen LogP contribution in [0.4, 0.5) is 0 Å². The molecule has 0 fully saturated rings. The molecule has 0 unspecified atom stereocenters. The van der Waals surface area contributed by atoms with Crippen LogP contribution < -0.4 is 4.74 Å². The van der Waals surface area contributed by atoms with Crippen LogP contribution in [0.25, 0.3) is 6.08 Å². The Kier molecular flexibility index (Phi) is 2.01. The number of ether oxygens (including phenoxy) is 1. The predicted octanol–water partition coefficient (Wildman–Crippen LogP) is 2.16. The van der Waals surface area contributed by atoms with Crippen LogP contribution in [-0.4, -0.2) is 6.61 Å². The maximum Gasteiger partial charge on any atom is 0.122 e. The number of nitrogens with zero attached hydrogens (tertiary/aromatic N) is 1. The Hall–Kier alpha value is -1.75. The van der Waals surface area contributed by atoms with Gasteiger partial charge in [-0.25, -0.2) is 0 Å². The standard InChI is InChI=1S/C11H9NO/c12-6-1-2-9-3-4-11-10(8-9)5-7-13-11/h1-4,8H,5,7H2/b2-1+. The molecule has 1 aliphatic rings.